The summed E-state index contributed by atoms with van der Waals surface area (Å²) in [7, 11) is 3.25. The smallest absolute Gasteiger partial charge is 0.225 e. The Bertz CT molecular complexity index is 1230. The molecule has 0 saturated carbocycles. The lowest BCUT2D eigenvalue weighted by Gasteiger charge is -2.49. The number of carbonyl (C=O) groups excluding carboxylic acids is 1. The number of amides is 1. The zero-order valence-electron chi connectivity index (χ0n) is 21.5. The molecule has 6 nitrogen and oxygen atoms in total. The van der Waals surface area contributed by atoms with Gasteiger partial charge in [-0.3, -0.25) is 9.69 Å². The summed E-state index contributed by atoms with van der Waals surface area (Å²) in [6.45, 7) is 3.85. The number of methoxy groups -OCH3 is 2. The second kappa shape index (κ2) is 11.2. The maximum Gasteiger partial charge on any atom is 0.225 e. The summed E-state index contributed by atoms with van der Waals surface area (Å²) < 4.78 is 24.1. The van der Waals surface area contributed by atoms with Gasteiger partial charge in [-0.25, -0.2) is 4.39 Å². The number of anilines is 1. The Hall–Kier alpha value is -3.58. The third-order valence-corrected chi connectivity index (χ3v) is 7.53. The van der Waals surface area contributed by atoms with Gasteiger partial charge in [-0.15, -0.1) is 0 Å². The van der Waals surface area contributed by atoms with Crippen LogP contribution in [0.5, 0.6) is 11.5 Å². The van der Waals surface area contributed by atoms with Gasteiger partial charge in [0.25, 0.3) is 0 Å². The van der Waals surface area contributed by atoms with E-state index >= 15 is 0 Å². The van der Waals surface area contributed by atoms with Gasteiger partial charge in [-0.05, 0) is 59.9 Å². The zero-order chi connectivity index (χ0) is 25.8. The van der Waals surface area contributed by atoms with Gasteiger partial charge in [-0.2, -0.15) is 0 Å². The van der Waals surface area contributed by atoms with Crippen LogP contribution >= 0.6 is 0 Å². The van der Waals surface area contributed by atoms with Crippen molar-refractivity contribution in [3.63, 3.8) is 0 Å². The van der Waals surface area contributed by atoms with Crippen LogP contribution in [0, 0.1) is 11.7 Å². The molecule has 0 aliphatic carbocycles. The Morgan fingerprint density at radius 3 is 2.51 bits per heavy atom. The number of nitrogens with zero attached hydrogens (tertiary/aromatic N) is 2. The fourth-order valence-corrected chi connectivity index (χ4v) is 5.61. The van der Waals surface area contributed by atoms with E-state index in [0.717, 1.165) is 43.7 Å². The van der Waals surface area contributed by atoms with Gasteiger partial charge in [0.2, 0.25) is 5.91 Å². The molecular formula is C30H34FN3O3. The van der Waals surface area contributed by atoms with Crippen LogP contribution in [-0.2, 0) is 24.2 Å². The van der Waals surface area contributed by atoms with Crippen molar-refractivity contribution in [1.29, 1.82) is 0 Å². The van der Waals surface area contributed by atoms with Crippen molar-refractivity contribution in [2.75, 3.05) is 45.3 Å². The molecule has 5 rings (SSSR count). The minimum absolute atomic E-state index is 0.0881. The number of carbonyl (C=O) groups is 1. The van der Waals surface area contributed by atoms with Crippen LogP contribution in [0.25, 0.3) is 0 Å². The van der Waals surface area contributed by atoms with Crippen LogP contribution < -0.4 is 19.7 Å². The van der Waals surface area contributed by atoms with E-state index in [2.05, 4.69) is 39.4 Å². The molecule has 2 heterocycles. The molecule has 0 radical (unpaired) electrons. The Morgan fingerprint density at radius 2 is 1.73 bits per heavy atom. The Balaban J connectivity index is 1.27. The van der Waals surface area contributed by atoms with E-state index in [0.29, 0.717) is 24.5 Å². The van der Waals surface area contributed by atoms with Gasteiger partial charge in [0.05, 0.1) is 26.2 Å². The van der Waals surface area contributed by atoms with Crippen molar-refractivity contribution < 1.29 is 18.7 Å². The van der Waals surface area contributed by atoms with Crippen molar-refractivity contribution in [3.8, 4) is 11.5 Å². The molecule has 0 bridgehead atoms. The monoisotopic (exact) mass is 503 g/mol. The predicted molar refractivity (Wildman–Crippen MR) is 143 cm³/mol. The van der Waals surface area contributed by atoms with E-state index in [1.807, 2.05) is 30.3 Å². The molecule has 1 amide bonds. The molecule has 1 saturated heterocycles. The van der Waals surface area contributed by atoms with E-state index in [1.165, 1.54) is 23.4 Å². The molecule has 0 aromatic heterocycles. The van der Waals surface area contributed by atoms with Crippen LogP contribution in [0.15, 0.2) is 66.7 Å². The van der Waals surface area contributed by atoms with E-state index < -0.39 is 0 Å². The maximum absolute atomic E-state index is 13.5. The van der Waals surface area contributed by atoms with E-state index in [4.69, 9.17) is 9.47 Å². The summed E-state index contributed by atoms with van der Waals surface area (Å²) in [4.78, 5) is 18.3. The van der Waals surface area contributed by atoms with Crippen molar-refractivity contribution in [3.05, 3.63) is 89.2 Å². The fourth-order valence-electron chi connectivity index (χ4n) is 5.61. The lowest BCUT2D eigenvalue weighted by atomic mass is 9.83. The number of ether oxygens (including phenoxy) is 2. The van der Waals surface area contributed by atoms with Crippen molar-refractivity contribution in [1.82, 2.24) is 10.2 Å². The average molecular weight is 504 g/mol. The second-order valence-electron chi connectivity index (χ2n) is 9.79. The molecule has 2 atom stereocenters. The Labute approximate surface area is 218 Å². The first-order valence-electron chi connectivity index (χ1n) is 12.9. The highest BCUT2D eigenvalue weighted by Crippen LogP contribution is 2.36. The molecular weight excluding hydrogens is 469 g/mol. The number of para-hydroxylation sites is 1. The third kappa shape index (κ3) is 5.57. The summed E-state index contributed by atoms with van der Waals surface area (Å²) in [5, 5.41) is 3.20. The van der Waals surface area contributed by atoms with Gasteiger partial charge < -0.3 is 19.7 Å². The molecule has 1 fully saturated rings. The quantitative estimate of drug-likeness (QED) is 0.503. The van der Waals surface area contributed by atoms with Gasteiger partial charge in [0, 0.05) is 38.4 Å². The minimum atomic E-state index is -0.220. The topological polar surface area (TPSA) is 54.0 Å². The van der Waals surface area contributed by atoms with E-state index in [1.54, 1.807) is 14.2 Å². The molecule has 2 aliphatic rings. The number of rotatable bonds is 8. The number of hydrogen-bond donors (Lipinski definition) is 1. The van der Waals surface area contributed by atoms with Crippen LogP contribution in [-0.4, -0.2) is 57.2 Å². The van der Waals surface area contributed by atoms with E-state index in [-0.39, 0.29) is 23.7 Å². The highest BCUT2D eigenvalue weighted by molar-refractivity contribution is 5.82. The maximum atomic E-state index is 13.5. The molecule has 7 heteroatoms. The number of benzene rings is 3. The van der Waals surface area contributed by atoms with Gasteiger partial charge >= 0.3 is 0 Å². The number of piperazine rings is 1. The van der Waals surface area contributed by atoms with Gasteiger partial charge in [0.15, 0.2) is 11.5 Å². The number of nitrogens with one attached hydrogen (secondary N) is 1. The molecule has 1 N–H and O–H groups in total. The zero-order valence-corrected chi connectivity index (χ0v) is 21.5. The first-order valence-corrected chi connectivity index (χ1v) is 12.9. The SMILES string of the molecule is COc1ccc(CCNC(=O)[C@@H]2Cc3ccccc3N3CCN(Cc4ccc(F)cc4)C[C@@H]23)cc1OC. The first-order chi connectivity index (χ1) is 18.1. The summed E-state index contributed by atoms with van der Waals surface area (Å²) in [5.74, 6) is 1.11. The number of hydrogen-bond acceptors (Lipinski definition) is 5. The number of fused-ring (bicyclic) bond motifs is 3. The Kier molecular flexibility index (Phi) is 7.60. The second-order valence-corrected chi connectivity index (χ2v) is 9.79. The lowest BCUT2D eigenvalue weighted by molar-refractivity contribution is -0.126. The molecule has 0 spiro atoms. The fraction of sp³-hybridized carbons (Fsp3) is 0.367. The van der Waals surface area contributed by atoms with Crippen LogP contribution in [0.4, 0.5) is 10.1 Å². The van der Waals surface area contributed by atoms with Gasteiger partial charge in [-0.1, -0.05) is 36.4 Å². The Morgan fingerprint density at radius 1 is 0.973 bits per heavy atom. The normalized spacial score (nSPS) is 19.1. The lowest BCUT2D eigenvalue weighted by Crippen LogP contribution is -2.61. The number of halogens is 1. The molecule has 194 valence electrons. The van der Waals surface area contributed by atoms with Crippen LogP contribution in [0.3, 0.4) is 0 Å². The molecule has 3 aromatic carbocycles. The van der Waals surface area contributed by atoms with Crippen molar-refractivity contribution in [2.45, 2.75) is 25.4 Å². The van der Waals surface area contributed by atoms with Gasteiger partial charge in [0.1, 0.15) is 5.82 Å². The summed E-state index contributed by atoms with van der Waals surface area (Å²) in [6.07, 6.45) is 1.43. The average Bonchev–Trinajstić information content (AvgIpc) is 2.93. The molecule has 3 aromatic rings. The summed E-state index contributed by atoms with van der Waals surface area (Å²) in [6, 6.07) is 21.1. The third-order valence-electron chi connectivity index (χ3n) is 7.53. The molecule has 2 aliphatic heterocycles. The summed E-state index contributed by atoms with van der Waals surface area (Å²) in [5.41, 5.74) is 4.63. The van der Waals surface area contributed by atoms with Crippen molar-refractivity contribution in [2.24, 2.45) is 5.92 Å². The summed E-state index contributed by atoms with van der Waals surface area (Å²) >= 11 is 0. The molecule has 37 heavy (non-hydrogen) atoms. The van der Waals surface area contributed by atoms with Crippen LogP contribution in [0.2, 0.25) is 0 Å². The standard InChI is InChI=1S/C30H34FN3O3/c1-36-28-12-9-21(17-29(28)37-2)13-14-32-30(35)25-18-23-5-3-4-6-26(23)34-16-15-33(20-27(25)34)19-22-7-10-24(31)11-8-22/h3-12,17,25,27H,13-16,18-20H2,1-2H3,(H,32,35)/t25-,27+/m1/s1. The predicted octanol–water partition coefficient (Wildman–Crippen LogP) is 4.06. The minimum Gasteiger partial charge on any atom is -0.493 e. The largest absolute Gasteiger partial charge is 0.493 e. The van der Waals surface area contributed by atoms with Crippen molar-refractivity contribution >= 4 is 11.6 Å². The van der Waals surface area contributed by atoms with E-state index in [9.17, 15) is 9.18 Å². The van der Waals surface area contributed by atoms with Crippen LogP contribution in [0.1, 0.15) is 16.7 Å². The highest BCUT2D eigenvalue weighted by Gasteiger charge is 2.41. The first kappa shape index (κ1) is 25.1. The molecule has 0 unspecified atom stereocenters. The highest BCUT2D eigenvalue weighted by atomic mass is 19.1.